The molecule has 104 valence electrons. The Morgan fingerprint density at radius 2 is 2.21 bits per heavy atom. The third-order valence-electron chi connectivity index (χ3n) is 3.75. The van der Waals surface area contributed by atoms with Crippen LogP contribution in [0, 0.1) is 18.8 Å². The molecule has 0 radical (unpaired) electrons. The van der Waals surface area contributed by atoms with E-state index in [9.17, 15) is 9.59 Å². The molecule has 0 unspecified atom stereocenters. The molecule has 5 nitrogen and oxygen atoms in total. The zero-order valence-electron chi connectivity index (χ0n) is 11.5. The fraction of sp³-hybridized carbons (Fsp3) is 0.571. The second kappa shape index (κ2) is 5.47. The average molecular weight is 265 g/mol. The largest absolute Gasteiger partial charge is 0.469 e. The molecule has 0 spiro atoms. The quantitative estimate of drug-likeness (QED) is 0.766. The maximum Gasteiger partial charge on any atom is 0.309 e. The highest BCUT2D eigenvalue weighted by atomic mass is 16.5. The number of furan rings is 1. The van der Waals surface area contributed by atoms with E-state index in [2.05, 4.69) is 0 Å². The first-order valence-corrected chi connectivity index (χ1v) is 6.45. The van der Waals surface area contributed by atoms with Crippen molar-refractivity contribution < 1.29 is 18.7 Å². The lowest BCUT2D eigenvalue weighted by molar-refractivity contribution is -0.148. The molecule has 19 heavy (non-hydrogen) atoms. The number of methoxy groups -OCH3 is 1. The van der Waals surface area contributed by atoms with E-state index in [4.69, 9.17) is 9.15 Å². The summed E-state index contributed by atoms with van der Waals surface area (Å²) in [7, 11) is 1.40. The molecule has 1 aliphatic rings. The van der Waals surface area contributed by atoms with E-state index in [1.165, 1.54) is 13.4 Å². The number of rotatable bonds is 2. The lowest BCUT2D eigenvalue weighted by Crippen LogP contribution is -2.45. The van der Waals surface area contributed by atoms with Crippen LogP contribution in [0.15, 0.2) is 16.7 Å². The van der Waals surface area contributed by atoms with Gasteiger partial charge < -0.3 is 14.1 Å². The summed E-state index contributed by atoms with van der Waals surface area (Å²) in [6.07, 6.45) is 2.16. The third kappa shape index (κ3) is 2.64. The van der Waals surface area contributed by atoms with Gasteiger partial charge in [-0.3, -0.25) is 9.59 Å². The lowest BCUT2D eigenvalue weighted by atomic mass is 9.87. The molecule has 1 fully saturated rings. The second-order valence-electron chi connectivity index (χ2n) is 5.08. The van der Waals surface area contributed by atoms with E-state index < -0.39 is 0 Å². The van der Waals surface area contributed by atoms with Gasteiger partial charge >= 0.3 is 5.97 Å². The van der Waals surface area contributed by atoms with Crippen LogP contribution < -0.4 is 0 Å². The van der Waals surface area contributed by atoms with E-state index in [-0.39, 0.29) is 23.7 Å². The Balaban J connectivity index is 2.04. The van der Waals surface area contributed by atoms with Crippen LogP contribution in [0.2, 0.25) is 0 Å². The van der Waals surface area contributed by atoms with E-state index in [1.54, 1.807) is 11.0 Å². The monoisotopic (exact) mass is 265 g/mol. The molecule has 1 saturated heterocycles. The molecule has 2 atom stereocenters. The zero-order chi connectivity index (χ0) is 14.0. The summed E-state index contributed by atoms with van der Waals surface area (Å²) in [5, 5.41) is 0. The van der Waals surface area contributed by atoms with Crippen molar-refractivity contribution in [1.82, 2.24) is 4.90 Å². The van der Waals surface area contributed by atoms with Crippen molar-refractivity contribution in [2.45, 2.75) is 20.3 Å². The molecular formula is C14H19NO4. The second-order valence-corrected chi connectivity index (χ2v) is 5.08. The average Bonchev–Trinajstić information content (AvgIpc) is 2.83. The van der Waals surface area contributed by atoms with Crippen LogP contribution in [0.3, 0.4) is 0 Å². The molecule has 0 aromatic carbocycles. The first-order chi connectivity index (χ1) is 9.04. The molecule has 1 aromatic rings. The Bertz CT molecular complexity index is 480. The van der Waals surface area contributed by atoms with Gasteiger partial charge in [0.15, 0.2) is 5.76 Å². The minimum absolute atomic E-state index is 0.0976. The molecule has 0 aliphatic carbocycles. The first-order valence-electron chi connectivity index (χ1n) is 6.45. The van der Waals surface area contributed by atoms with Gasteiger partial charge in [0, 0.05) is 18.7 Å². The maximum atomic E-state index is 12.3. The van der Waals surface area contributed by atoms with Gasteiger partial charge in [0.1, 0.15) is 0 Å². The Morgan fingerprint density at radius 1 is 1.47 bits per heavy atom. The summed E-state index contributed by atoms with van der Waals surface area (Å²) in [6.45, 7) is 4.93. The highest BCUT2D eigenvalue weighted by molar-refractivity contribution is 5.93. The van der Waals surface area contributed by atoms with Crippen LogP contribution >= 0.6 is 0 Å². The first kappa shape index (κ1) is 13.6. The molecule has 2 heterocycles. The van der Waals surface area contributed by atoms with Crippen molar-refractivity contribution in [3.05, 3.63) is 23.7 Å². The molecule has 1 aromatic heterocycles. The fourth-order valence-electron chi connectivity index (χ4n) is 2.57. The predicted octanol–water partition coefficient (Wildman–Crippen LogP) is 1.86. The predicted molar refractivity (Wildman–Crippen MR) is 68.6 cm³/mol. The molecule has 0 saturated carbocycles. The van der Waals surface area contributed by atoms with Gasteiger partial charge in [0.05, 0.1) is 19.3 Å². The number of nitrogens with zero attached hydrogens (tertiary/aromatic N) is 1. The summed E-state index contributed by atoms with van der Waals surface area (Å²) < 4.78 is 10.0. The van der Waals surface area contributed by atoms with Crippen molar-refractivity contribution >= 4 is 11.9 Å². The van der Waals surface area contributed by atoms with Crippen LogP contribution in [0.4, 0.5) is 0 Å². The summed E-state index contributed by atoms with van der Waals surface area (Å²) in [5.41, 5.74) is 0.841. The van der Waals surface area contributed by atoms with E-state index in [0.29, 0.717) is 25.3 Å². The number of esters is 1. The standard InChI is InChI=1S/C14H19NO4/c1-9-5-7-19-12(9)13(16)15-6-4-11(10(2)8-15)14(17)18-3/h5,7,10-11H,4,6,8H2,1-3H3/t10-,11+/m0/s1. The number of aryl methyl sites for hydroxylation is 1. The molecule has 2 rings (SSSR count). The summed E-state index contributed by atoms with van der Waals surface area (Å²) in [4.78, 5) is 25.6. The Labute approximate surface area is 112 Å². The minimum Gasteiger partial charge on any atom is -0.469 e. The number of hydrogen-bond donors (Lipinski definition) is 0. The smallest absolute Gasteiger partial charge is 0.309 e. The summed E-state index contributed by atoms with van der Waals surface area (Å²) in [6, 6.07) is 1.78. The van der Waals surface area contributed by atoms with Crippen molar-refractivity contribution in [3.8, 4) is 0 Å². The molecule has 0 N–H and O–H groups in total. The highest BCUT2D eigenvalue weighted by Crippen LogP contribution is 2.26. The van der Waals surface area contributed by atoms with Crippen LogP contribution in [-0.2, 0) is 9.53 Å². The van der Waals surface area contributed by atoms with Crippen molar-refractivity contribution in [3.63, 3.8) is 0 Å². The van der Waals surface area contributed by atoms with Gasteiger partial charge in [0.25, 0.3) is 5.91 Å². The van der Waals surface area contributed by atoms with Crippen LogP contribution in [0.5, 0.6) is 0 Å². The van der Waals surface area contributed by atoms with Crippen molar-refractivity contribution in [2.75, 3.05) is 20.2 Å². The topological polar surface area (TPSA) is 59.8 Å². The van der Waals surface area contributed by atoms with Crippen molar-refractivity contribution in [1.29, 1.82) is 0 Å². The van der Waals surface area contributed by atoms with E-state index >= 15 is 0 Å². The molecular weight excluding hydrogens is 246 g/mol. The SMILES string of the molecule is COC(=O)[C@@H]1CCN(C(=O)c2occc2C)C[C@@H]1C. The molecule has 0 bridgehead atoms. The fourth-order valence-corrected chi connectivity index (χ4v) is 2.57. The zero-order valence-corrected chi connectivity index (χ0v) is 11.5. The number of carbonyl (C=O) groups excluding carboxylic acids is 2. The van der Waals surface area contributed by atoms with Crippen LogP contribution in [0.1, 0.15) is 29.5 Å². The minimum atomic E-state index is -0.186. The Hall–Kier alpha value is -1.78. The van der Waals surface area contributed by atoms with Gasteiger partial charge in [-0.25, -0.2) is 0 Å². The Kier molecular flexibility index (Phi) is 3.93. The van der Waals surface area contributed by atoms with Gasteiger partial charge in [-0.15, -0.1) is 0 Å². The van der Waals surface area contributed by atoms with Gasteiger partial charge in [-0.2, -0.15) is 0 Å². The van der Waals surface area contributed by atoms with Crippen LogP contribution in [-0.4, -0.2) is 37.0 Å². The number of ether oxygens (including phenoxy) is 1. The third-order valence-corrected chi connectivity index (χ3v) is 3.75. The number of amides is 1. The maximum absolute atomic E-state index is 12.3. The molecule has 1 aliphatic heterocycles. The molecule has 1 amide bonds. The summed E-state index contributed by atoms with van der Waals surface area (Å²) >= 11 is 0. The number of hydrogen-bond acceptors (Lipinski definition) is 4. The number of carbonyl (C=O) groups is 2. The molecule has 5 heteroatoms. The van der Waals surface area contributed by atoms with E-state index in [0.717, 1.165) is 5.56 Å². The Morgan fingerprint density at radius 3 is 2.74 bits per heavy atom. The van der Waals surface area contributed by atoms with Gasteiger partial charge in [0.2, 0.25) is 0 Å². The summed E-state index contributed by atoms with van der Waals surface area (Å²) in [5.74, 6) is 0.0855. The lowest BCUT2D eigenvalue weighted by Gasteiger charge is -2.35. The van der Waals surface area contributed by atoms with Gasteiger partial charge in [-0.05, 0) is 25.3 Å². The number of likely N-dealkylation sites (tertiary alicyclic amines) is 1. The van der Waals surface area contributed by atoms with Crippen molar-refractivity contribution in [2.24, 2.45) is 11.8 Å². The van der Waals surface area contributed by atoms with Crippen LogP contribution in [0.25, 0.3) is 0 Å². The highest BCUT2D eigenvalue weighted by Gasteiger charge is 2.34. The number of piperidine rings is 1. The van der Waals surface area contributed by atoms with E-state index in [1.807, 2.05) is 13.8 Å². The normalized spacial score (nSPS) is 23.2. The van der Waals surface area contributed by atoms with Gasteiger partial charge in [-0.1, -0.05) is 6.92 Å².